The van der Waals surface area contributed by atoms with Gasteiger partial charge in [-0.25, -0.2) is 4.39 Å². The van der Waals surface area contributed by atoms with Gasteiger partial charge in [0.1, 0.15) is 5.82 Å². The molecular formula is C15H19BrFNO. The minimum absolute atomic E-state index is 0.127. The van der Waals surface area contributed by atoms with E-state index in [-0.39, 0.29) is 5.82 Å². The number of benzene rings is 1. The van der Waals surface area contributed by atoms with E-state index < -0.39 is 0 Å². The third-order valence-electron chi connectivity index (χ3n) is 3.15. The van der Waals surface area contributed by atoms with E-state index in [0.29, 0.717) is 0 Å². The van der Waals surface area contributed by atoms with Gasteiger partial charge < -0.3 is 10.1 Å². The second-order valence-corrected chi connectivity index (χ2v) is 5.64. The second kappa shape index (κ2) is 7.78. The number of hydrogen-bond donors (Lipinski definition) is 1. The molecule has 0 spiro atoms. The molecule has 1 aromatic carbocycles. The summed E-state index contributed by atoms with van der Waals surface area (Å²) in [5.41, 5.74) is 2.10. The lowest BCUT2D eigenvalue weighted by Gasteiger charge is -2.14. The Bertz CT molecular complexity index is 448. The Kier molecular flexibility index (Phi) is 6.01. The predicted molar refractivity (Wildman–Crippen MR) is 78.8 cm³/mol. The van der Waals surface area contributed by atoms with Crippen LogP contribution in [0.25, 0.3) is 0 Å². The molecule has 1 aliphatic heterocycles. The zero-order valence-corrected chi connectivity index (χ0v) is 12.5. The van der Waals surface area contributed by atoms with E-state index >= 15 is 0 Å². The zero-order valence-electron chi connectivity index (χ0n) is 10.9. The van der Waals surface area contributed by atoms with Gasteiger partial charge in [-0.2, -0.15) is 0 Å². The van der Waals surface area contributed by atoms with Crippen LogP contribution in [0.3, 0.4) is 0 Å². The molecule has 0 atom stereocenters. The Balaban J connectivity index is 1.65. The Morgan fingerprint density at radius 1 is 1.37 bits per heavy atom. The highest BCUT2D eigenvalue weighted by Crippen LogP contribution is 2.16. The topological polar surface area (TPSA) is 21.3 Å². The maximum absolute atomic E-state index is 13.6. The average Bonchev–Trinajstić information content (AvgIpc) is 2.42. The van der Waals surface area contributed by atoms with Crippen molar-refractivity contribution in [1.82, 2.24) is 5.32 Å². The molecule has 0 saturated heterocycles. The fourth-order valence-corrected chi connectivity index (χ4v) is 2.44. The van der Waals surface area contributed by atoms with Crippen LogP contribution in [0.15, 0.2) is 34.3 Å². The number of hydrogen-bond acceptors (Lipinski definition) is 2. The van der Waals surface area contributed by atoms with Crippen LogP contribution in [0.4, 0.5) is 4.39 Å². The number of rotatable bonds is 6. The SMILES string of the molecule is Fc1cc(Br)ccc1CCCNCC1=CCCOC1. The van der Waals surface area contributed by atoms with Crippen LogP contribution in [-0.2, 0) is 11.2 Å². The first-order chi connectivity index (χ1) is 9.25. The summed E-state index contributed by atoms with van der Waals surface area (Å²) >= 11 is 3.26. The summed E-state index contributed by atoms with van der Waals surface area (Å²) in [6, 6.07) is 5.25. The Morgan fingerprint density at radius 3 is 3.00 bits per heavy atom. The van der Waals surface area contributed by atoms with E-state index in [0.717, 1.165) is 55.6 Å². The third kappa shape index (κ3) is 5.05. The third-order valence-corrected chi connectivity index (χ3v) is 3.64. The first-order valence-corrected chi connectivity index (χ1v) is 7.45. The molecule has 0 aromatic heterocycles. The van der Waals surface area contributed by atoms with E-state index in [9.17, 15) is 4.39 Å². The molecule has 4 heteroatoms. The number of aryl methyl sites for hydroxylation is 1. The zero-order chi connectivity index (χ0) is 13.5. The Labute approximate surface area is 122 Å². The molecule has 0 amide bonds. The molecule has 2 rings (SSSR count). The van der Waals surface area contributed by atoms with Gasteiger partial charge in [0, 0.05) is 11.0 Å². The van der Waals surface area contributed by atoms with Gasteiger partial charge in [0.2, 0.25) is 0 Å². The molecule has 0 unspecified atom stereocenters. The smallest absolute Gasteiger partial charge is 0.127 e. The Morgan fingerprint density at radius 2 is 2.26 bits per heavy atom. The van der Waals surface area contributed by atoms with Crippen molar-refractivity contribution in [2.75, 3.05) is 26.3 Å². The summed E-state index contributed by atoms with van der Waals surface area (Å²) in [6.45, 7) is 3.36. The van der Waals surface area contributed by atoms with Gasteiger partial charge in [-0.3, -0.25) is 0 Å². The summed E-state index contributed by atoms with van der Waals surface area (Å²) in [5.74, 6) is -0.127. The molecule has 0 aliphatic carbocycles. The molecule has 2 nitrogen and oxygen atoms in total. The number of halogens is 2. The molecule has 104 valence electrons. The number of ether oxygens (including phenoxy) is 1. The fraction of sp³-hybridized carbons (Fsp3) is 0.467. The summed E-state index contributed by atoms with van der Waals surface area (Å²) in [4.78, 5) is 0. The minimum atomic E-state index is -0.127. The summed E-state index contributed by atoms with van der Waals surface area (Å²) < 4.78 is 19.7. The van der Waals surface area contributed by atoms with E-state index in [2.05, 4.69) is 27.3 Å². The van der Waals surface area contributed by atoms with Crippen molar-refractivity contribution < 1.29 is 9.13 Å². The highest BCUT2D eigenvalue weighted by atomic mass is 79.9. The van der Waals surface area contributed by atoms with E-state index in [1.807, 2.05) is 12.1 Å². The molecule has 1 heterocycles. The van der Waals surface area contributed by atoms with Gasteiger partial charge in [0.25, 0.3) is 0 Å². The van der Waals surface area contributed by atoms with E-state index in [4.69, 9.17) is 4.74 Å². The van der Waals surface area contributed by atoms with Crippen molar-refractivity contribution >= 4 is 15.9 Å². The lowest BCUT2D eigenvalue weighted by molar-refractivity contribution is 0.149. The highest BCUT2D eigenvalue weighted by molar-refractivity contribution is 9.10. The van der Waals surface area contributed by atoms with Crippen LogP contribution in [0.2, 0.25) is 0 Å². The van der Waals surface area contributed by atoms with Crippen LogP contribution in [-0.4, -0.2) is 26.3 Å². The molecular weight excluding hydrogens is 309 g/mol. The Hall–Kier alpha value is -0.710. The van der Waals surface area contributed by atoms with Crippen LogP contribution >= 0.6 is 15.9 Å². The number of nitrogens with one attached hydrogen (secondary N) is 1. The van der Waals surface area contributed by atoms with E-state index in [1.54, 1.807) is 0 Å². The van der Waals surface area contributed by atoms with Gasteiger partial charge in [-0.1, -0.05) is 28.1 Å². The van der Waals surface area contributed by atoms with Crippen LogP contribution in [0.1, 0.15) is 18.4 Å². The van der Waals surface area contributed by atoms with Gasteiger partial charge in [-0.05, 0) is 49.1 Å². The first kappa shape index (κ1) is 14.7. The maximum atomic E-state index is 13.6. The highest BCUT2D eigenvalue weighted by Gasteiger charge is 2.04. The van der Waals surface area contributed by atoms with Crippen molar-refractivity contribution in [3.63, 3.8) is 0 Å². The van der Waals surface area contributed by atoms with Crippen molar-refractivity contribution in [1.29, 1.82) is 0 Å². The maximum Gasteiger partial charge on any atom is 0.127 e. The van der Waals surface area contributed by atoms with Gasteiger partial charge >= 0.3 is 0 Å². The molecule has 1 N–H and O–H groups in total. The van der Waals surface area contributed by atoms with E-state index in [1.165, 1.54) is 11.6 Å². The molecule has 0 bridgehead atoms. The van der Waals surface area contributed by atoms with Crippen molar-refractivity contribution in [3.8, 4) is 0 Å². The van der Waals surface area contributed by atoms with Crippen LogP contribution in [0, 0.1) is 5.82 Å². The predicted octanol–water partition coefficient (Wildman–Crippen LogP) is 3.46. The fourth-order valence-electron chi connectivity index (χ4n) is 2.11. The van der Waals surface area contributed by atoms with Gasteiger partial charge in [0.05, 0.1) is 13.2 Å². The summed E-state index contributed by atoms with van der Waals surface area (Å²) in [5, 5.41) is 3.38. The van der Waals surface area contributed by atoms with Crippen molar-refractivity contribution in [3.05, 3.63) is 45.7 Å². The quantitative estimate of drug-likeness (QED) is 0.638. The summed E-state index contributed by atoms with van der Waals surface area (Å²) in [7, 11) is 0. The molecule has 1 aromatic rings. The standard InChI is InChI=1S/C15H19BrFNO/c16-14-6-5-13(15(17)9-14)4-1-7-18-10-12-3-2-8-19-11-12/h3,5-6,9,18H,1-2,4,7-8,10-11H2. The van der Waals surface area contributed by atoms with Gasteiger partial charge in [0.15, 0.2) is 0 Å². The molecule has 0 saturated carbocycles. The first-order valence-electron chi connectivity index (χ1n) is 6.66. The minimum Gasteiger partial charge on any atom is -0.377 e. The van der Waals surface area contributed by atoms with Crippen LogP contribution in [0.5, 0.6) is 0 Å². The normalized spacial score (nSPS) is 15.4. The van der Waals surface area contributed by atoms with Crippen molar-refractivity contribution in [2.45, 2.75) is 19.3 Å². The van der Waals surface area contributed by atoms with Crippen molar-refractivity contribution in [2.24, 2.45) is 0 Å². The molecule has 0 radical (unpaired) electrons. The molecule has 0 fully saturated rings. The molecule has 1 aliphatic rings. The largest absolute Gasteiger partial charge is 0.377 e. The lowest BCUT2D eigenvalue weighted by atomic mass is 10.1. The van der Waals surface area contributed by atoms with Gasteiger partial charge in [-0.15, -0.1) is 0 Å². The monoisotopic (exact) mass is 327 g/mol. The van der Waals surface area contributed by atoms with Crippen LogP contribution < -0.4 is 5.32 Å². The molecule has 19 heavy (non-hydrogen) atoms. The average molecular weight is 328 g/mol. The second-order valence-electron chi connectivity index (χ2n) is 4.72. The lowest BCUT2D eigenvalue weighted by Crippen LogP contribution is -2.22. The summed E-state index contributed by atoms with van der Waals surface area (Å²) in [6.07, 6.45) is 4.96.